The summed E-state index contributed by atoms with van der Waals surface area (Å²) in [6.07, 6.45) is 4.28. The molecule has 3 heteroatoms. The highest BCUT2D eigenvalue weighted by atomic mass is 19.1. The third-order valence-electron chi connectivity index (χ3n) is 3.86. The fraction of sp³-hybridized carbons (Fsp3) is 0.429. The molecular formula is C14H17FN2. The standard InChI is InChI=1S/C14H17FN2/c1-9-4-5-16-13(9)6-10-8-17-14-7-11(15)2-3-12(10)14/h2-3,7-9,13,16-17H,4-6H2,1H3/t9-,13?/m0/s1. The maximum atomic E-state index is 13.1. The molecule has 90 valence electrons. The van der Waals surface area contributed by atoms with Crippen LogP contribution in [0.5, 0.6) is 0 Å². The molecule has 3 rings (SSSR count). The molecule has 0 bridgehead atoms. The van der Waals surface area contributed by atoms with E-state index in [1.54, 1.807) is 6.07 Å². The molecule has 0 amide bonds. The van der Waals surface area contributed by atoms with Crippen molar-refractivity contribution >= 4 is 10.9 Å². The van der Waals surface area contributed by atoms with E-state index >= 15 is 0 Å². The van der Waals surface area contributed by atoms with Gasteiger partial charge in [0.05, 0.1) is 0 Å². The van der Waals surface area contributed by atoms with Gasteiger partial charge in [0.25, 0.3) is 0 Å². The summed E-state index contributed by atoms with van der Waals surface area (Å²) in [6.45, 7) is 3.40. The van der Waals surface area contributed by atoms with Crippen molar-refractivity contribution in [2.24, 2.45) is 5.92 Å². The van der Waals surface area contributed by atoms with E-state index in [1.807, 2.05) is 12.3 Å². The number of nitrogens with one attached hydrogen (secondary N) is 2. The van der Waals surface area contributed by atoms with Gasteiger partial charge in [0.1, 0.15) is 5.82 Å². The molecule has 1 aliphatic heterocycles. The first-order chi connectivity index (χ1) is 8.24. The molecule has 2 heterocycles. The van der Waals surface area contributed by atoms with Crippen molar-refractivity contribution in [1.82, 2.24) is 10.3 Å². The van der Waals surface area contributed by atoms with Crippen LogP contribution in [0.4, 0.5) is 4.39 Å². The van der Waals surface area contributed by atoms with Crippen molar-refractivity contribution in [1.29, 1.82) is 0 Å². The Balaban J connectivity index is 1.90. The number of aromatic nitrogens is 1. The lowest BCUT2D eigenvalue weighted by atomic mass is 9.96. The van der Waals surface area contributed by atoms with E-state index < -0.39 is 0 Å². The van der Waals surface area contributed by atoms with Gasteiger partial charge in [-0.05, 0) is 49.1 Å². The average Bonchev–Trinajstić information content (AvgIpc) is 2.87. The van der Waals surface area contributed by atoms with Gasteiger partial charge in [-0.2, -0.15) is 0 Å². The summed E-state index contributed by atoms with van der Waals surface area (Å²) in [6, 6.07) is 5.52. The molecule has 1 aromatic heterocycles. The zero-order valence-electron chi connectivity index (χ0n) is 9.96. The molecule has 17 heavy (non-hydrogen) atoms. The summed E-state index contributed by atoms with van der Waals surface area (Å²) in [5.74, 6) is 0.540. The van der Waals surface area contributed by atoms with Crippen LogP contribution in [0.2, 0.25) is 0 Å². The molecule has 2 N–H and O–H groups in total. The van der Waals surface area contributed by atoms with Crippen molar-refractivity contribution in [2.75, 3.05) is 6.54 Å². The summed E-state index contributed by atoms with van der Waals surface area (Å²) in [4.78, 5) is 3.15. The molecule has 2 atom stereocenters. The SMILES string of the molecule is C[C@H]1CCNC1Cc1c[nH]c2cc(F)ccc12. The van der Waals surface area contributed by atoms with Crippen LogP contribution in [0.3, 0.4) is 0 Å². The van der Waals surface area contributed by atoms with Crippen molar-refractivity contribution in [3.05, 3.63) is 35.8 Å². The number of halogens is 1. The minimum atomic E-state index is -0.182. The Morgan fingerprint density at radius 2 is 2.29 bits per heavy atom. The second kappa shape index (κ2) is 4.15. The summed E-state index contributed by atoms with van der Waals surface area (Å²) in [5, 5.41) is 4.68. The van der Waals surface area contributed by atoms with Crippen LogP contribution in [0.25, 0.3) is 10.9 Å². The van der Waals surface area contributed by atoms with Crippen LogP contribution in [0.1, 0.15) is 18.9 Å². The van der Waals surface area contributed by atoms with Crippen molar-refractivity contribution in [3.8, 4) is 0 Å². The van der Waals surface area contributed by atoms with Gasteiger partial charge in [0.2, 0.25) is 0 Å². The highest BCUT2D eigenvalue weighted by Crippen LogP contribution is 2.24. The van der Waals surface area contributed by atoms with Crippen LogP contribution in [-0.4, -0.2) is 17.6 Å². The number of rotatable bonds is 2. The normalized spacial score (nSPS) is 24.6. The summed E-state index contributed by atoms with van der Waals surface area (Å²) >= 11 is 0. The van der Waals surface area contributed by atoms with Gasteiger partial charge < -0.3 is 10.3 Å². The van der Waals surface area contributed by atoms with E-state index in [9.17, 15) is 4.39 Å². The first-order valence-corrected chi connectivity index (χ1v) is 6.23. The predicted octanol–water partition coefficient (Wildman–Crippen LogP) is 2.85. The second-order valence-electron chi connectivity index (χ2n) is 5.03. The Morgan fingerprint density at radius 1 is 1.41 bits per heavy atom. The van der Waals surface area contributed by atoms with Gasteiger partial charge >= 0.3 is 0 Å². The number of aromatic amines is 1. The summed E-state index contributed by atoms with van der Waals surface area (Å²) in [7, 11) is 0. The Hall–Kier alpha value is -1.35. The Labute approximate surface area is 100 Å². The van der Waals surface area contributed by atoms with E-state index in [0.717, 1.165) is 29.8 Å². The first-order valence-electron chi connectivity index (χ1n) is 6.23. The van der Waals surface area contributed by atoms with Gasteiger partial charge in [0.15, 0.2) is 0 Å². The van der Waals surface area contributed by atoms with E-state index in [1.165, 1.54) is 18.1 Å². The van der Waals surface area contributed by atoms with Gasteiger partial charge in [-0.15, -0.1) is 0 Å². The largest absolute Gasteiger partial charge is 0.361 e. The third-order valence-corrected chi connectivity index (χ3v) is 3.86. The van der Waals surface area contributed by atoms with Crippen molar-refractivity contribution in [3.63, 3.8) is 0 Å². The van der Waals surface area contributed by atoms with Gasteiger partial charge in [0, 0.05) is 23.1 Å². The summed E-state index contributed by atoms with van der Waals surface area (Å²) in [5.41, 5.74) is 2.18. The lowest BCUT2D eigenvalue weighted by Crippen LogP contribution is -2.27. The summed E-state index contributed by atoms with van der Waals surface area (Å²) < 4.78 is 13.1. The molecule has 1 saturated heterocycles. The van der Waals surface area contributed by atoms with Crippen LogP contribution in [-0.2, 0) is 6.42 Å². The molecule has 1 fully saturated rings. The minimum absolute atomic E-state index is 0.182. The van der Waals surface area contributed by atoms with E-state index in [-0.39, 0.29) is 5.82 Å². The van der Waals surface area contributed by atoms with Crippen LogP contribution >= 0.6 is 0 Å². The predicted molar refractivity (Wildman–Crippen MR) is 67.5 cm³/mol. The first kappa shape index (κ1) is 10.8. The number of fused-ring (bicyclic) bond motifs is 1. The van der Waals surface area contributed by atoms with E-state index in [4.69, 9.17) is 0 Å². The zero-order valence-corrected chi connectivity index (χ0v) is 9.96. The fourth-order valence-corrected chi connectivity index (χ4v) is 2.74. The number of hydrogen-bond acceptors (Lipinski definition) is 1. The van der Waals surface area contributed by atoms with E-state index in [0.29, 0.717) is 6.04 Å². The van der Waals surface area contributed by atoms with Gasteiger partial charge in [-0.25, -0.2) is 4.39 Å². The van der Waals surface area contributed by atoms with Gasteiger partial charge in [-0.3, -0.25) is 0 Å². The topological polar surface area (TPSA) is 27.8 Å². The van der Waals surface area contributed by atoms with Crippen LogP contribution < -0.4 is 5.32 Å². The molecule has 0 spiro atoms. The van der Waals surface area contributed by atoms with Crippen LogP contribution in [0, 0.1) is 11.7 Å². The Morgan fingerprint density at radius 3 is 3.06 bits per heavy atom. The highest BCUT2D eigenvalue weighted by molar-refractivity contribution is 5.83. The quantitative estimate of drug-likeness (QED) is 0.818. The monoisotopic (exact) mass is 232 g/mol. The second-order valence-corrected chi connectivity index (χ2v) is 5.03. The molecular weight excluding hydrogens is 215 g/mol. The zero-order chi connectivity index (χ0) is 11.8. The maximum Gasteiger partial charge on any atom is 0.125 e. The van der Waals surface area contributed by atoms with E-state index in [2.05, 4.69) is 17.2 Å². The lowest BCUT2D eigenvalue weighted by Gasteiger charge is -2.14. The van der Waals surface area contributed by atoms with Crippen molar-refractivity contribution < 1.29 is 4.39 Å². The van der Waals surface area contributed by atoms with Gasteiger partial charge in [-0.1, -0.05) is 6.92 Å². The molecule has 1 aromatic carbocycles. The molecule has 0 saturated carbocycles. The van der Waals surface area contributed by atoms with Crippen LogP contribution in [0.15, 0.2) is 24.4 Å². The third kappa shape index (κ3) is 1.95. The Bertz CT molecular complexity index is 532. The van der Waals surface area contributed by atoms with Crippen molar-refractivity contribution in [2.45, 2.75) is 25.8 Å². The highest BCUT2D eigenvalue weighted by Gasteiger charge is 2.23. The molecule has 2 nitrogen and oxygen atoms in total. The molecule has 1 aliphatic rings. The number of hydrogen-bond donors (Lipinski definition) is 2. The fourth-order valence-electron chi connectivity index (χ4n) is 2.74. The minimum Gasteiger partial charge on any atom is -0.361 e. The molecule has 1 unspecified atom stereocenters. The lowest BCUT2D eigenvalue weighted by molar-refractivity contribution is 0.481. The molecule has 2 aromatic rings. The molecule has 0 aliphatic carbocycles. The number of H-pyrrole nitrogens is 1. The Kier molecular flexibility index (Phi) is 2.63. The maximum absolute atomic E-state index is 13.1. The number of benzene rings is 1. The smallest absolute Gasteiger partial charge is 0.125 e. The average molecular weight is 232 g/mol. The molecule has 0 radical (unpaired) electrons.